The fourth-order valence-corrected chi connectivity index (χ4v) is 3.93. The van der Waals surface area contributed by atoms with Crippen LogP contribution in [0.3, 0.4) is 0 Å². The topological polar surface area (TPSA) is 44.1 Å². The first kappa shape index (κ1) is 16.5. The van der Waals surface area contributed by atoms with Gasteiger partial charge in [0.15, 0.2) is 0 Å². The predicted molar refractivity (Wildman–Crippen MR) is 106 cm³/mol. The third kappa shape index (κ3) is 3.13. The van der Waals surface area contributed by atoms with E-state index in [2.05, 4.69) is 4.98 Å². The molecule has 130 valence electrons. The van der Waals surface area contributed by atoms with Crippen molar-refractivity contribution in [2.75, 3.05) is 6.61 Å². The van der Waals surface area contributed by atoms with Crippen LogP contribution in [0.4, 0.5) is 0 Å². The molecule has 0 amide bonds. The van der Waals surface area contributed by atoms with Gasteiger partial charge in [-0.05, 0) is 24.6 Å². The lowest BCUT2D eigenvalue weighted by Crippen LogP contribution is -2.20. The van der Waals surface area contributed by atoms with E-state index in [-0.39, 0.29) is 5.56 Å². The maximum atomic E-state index is 12.9. The average Bonchev–Trinajstić information content (AvgIpc) is 3.12. The van der Waals surface area contributed by atoms with Gasteiger partial charge in [-0.2, -0.15) is 0 Å². The Hall–Kier alpha value is -2.92. The third-order valence-corrected chi connectivity index (χ3v) is 5.28. The summed E-state index contributed by atoms with van der Waals surface area (Å²) in [6.07, 6.45) is 1.62. The molecule has 0 bridgehead atoms. The Kier molecular flexibility index (Phi) is 4.54. The normalized spacial score (nSPS) is 11.0. The van der Waals surface area contributed by atoms with Crippen LogP contribution >= 0.6 is 11.3 Å². The van der Waals surface area contributed by atoms with Crippen LogP contribution in [0.2, 0.25) is 0 Å². The van der Waals surface area contributed by atoms with Crippen LogP contribution in [0.5, 0.6) is 5.75 Å². The van der Waals surface area contributed by atoms with Gasteiger partial charge in [-0.25, -0.2) is 4.98 Å². The SMILES string of the molecule is CCOc1ccccc1Cn1cnc2sc(-c3ccccc3)cc2c1=O. The van der Waals surface area contributed by atoms with Crippen LogP contribution < -0.4 is 10.3 Å². The average molecular weight is 362 g/mol. The van der Waals surface area contributed by atoms with Gasteiger partial charge in [0.1, 0.15) is 10.6 Å². The molecule has 0 aliphatic heterocycles. The van der Waals surface area contributed by atoms with Crippen molar-refractivity contribution in [1.29, 1.82) is 0 Å². The first-order chi connectivity index (χ1) is 12.8. The van der Waals surface area contributed by atoms with Crippen LogP contribution in [-0.4, -0.2) is 16.2 Å². The van der Waals surface area contributed by atoms with Gasteiger partial charge in [0.25, 0.3) is 5.56 Å². The molecule has 0 spiro atoms. The zero-order chi connectivity index (χ0) is 17.9. The van der Waals surface area contributed by atoms with Crippen molar-refractivity contribution in [3.8, 4) is 16.2 Å². The number of fused-ring (bicyclic) bond motifs is 1. The highest BCUT2D eigenvalue weighted by Crippen LogP contribution is 2.30. The van der Waals surface area contributed by atoms with Crippen LogP contribution in [-0.2, 0) is 6.54 Å². The van der Waals surface area contributed by atoms with E-state index in [0.717, 1.165) is 26.6 Å². The van der Waals surface area contributed by atoms with E-state index in [1.165, 1.54) is 0 Å². The number of thiophene rings is 1. The second kappa shape index (κ2) is 7.14. The molecule has 4 rings (SSSR count). The molecule has 0 unspecified atom stereocenters. The largest absolute Gasteiger partial charge is 0.494 e. The van der Waals surface area contributed by atoms with Crippen molar-refractivity contribution in [2.45, 2.75) is 13.5 Å². The minimum atomic E-state index is -0.0280. The number of hydrogen-bond donors (Lipinski definition) is 0. The predicted octanol–water partition coefficient (Wildman–Crippen LogP) is 4.57. The standard InChI is InChI=1S/C21H18N2O2S/c1-2-25-18-11-7-6-10-16(18)13-23-14-22-20-17(21(23)24)12-19(26-20)15-8-4-3-5-9-15/h3-12,14H,2,13H2,1H3. The summed E-state index contributed by atoms with van der Waals surface area (Å²) in [5.74, 6) is 0.803. The molecule has 26 heavy (non-hydrogen) atoms. The second-order valence-electron chi connectivity index (χ2n) is 5.91. The summed E-state index contributed by atoms with van der Waals surface area (Å²) in [5, 5.41) is 0.658. The lowest BCUT2D eigenvalue weighted by Gasteiger charge is -2.11. The van der Waals surface area contributed by atoms with Gasteiger partial charge in [-0.1, -0.05) is 48.5 Å². The van der Waals surface area contributed by atoms with E-state index in [4.69, 9.17) is 4.74 Å². The highest BCUT2D eigenvalue weighted by Gasteiger charge is 2.12. The minimum Gasteiger partial charge on any atom is -0.494 e. The maximum Gasteiger partial charge on any atom is 0.262 e. The molecule has 4 aromatic rings. The van der Waals surface area contributed by atoms with Crippen molar-refractivity contribution in [1.82, 2.24) is 9.55 Å². The third-order valence-electron chi connectivity index (χ3n) is 4.19. The van der Waals surface area contributed by atoms with Crippen LogP contribution in [0.15, 0.2) is 71.8 Å². The molecule has 2 aromatic heterocycles. The molecule has 4 nitrogen and oxygen atoms in total. The molecule has 2 heterocycles. The Morgan fingerprint density at radius 2 is 1.85 bits per heavy atom. The quantitative estimate of drug-likeness (QED) is 0.522. The summed E-state index contributed by atoms with van der Waals surface area (Å²) in [4.78, 5) is 19.3. The summed E-state index contributed by atoms with van der Waals surface area (Å²) in [6.45, 7) is 2.98. The van der Waals surface area contributed by atoms with Crippen molar-refractivity contribution < 1.29 is 4.74 Å². The summed E-state index contributed by atoms with van der Waals surface area (Å²) < 4.78 is 7.31. The smallest absolute Gasteiger partial charge is 0.262 e. The van der Waals surface area contributed by atoms with Gasteiger partial charge in [-0.15, -0.1) is 11.3 Å². The van der Waals surface area contributed by atoms with E-state index in [1.807, 2.05) is 67.6 Å². The molecule has 0 aliphatic carbocycles. The summed E-state index contributed by atoms with van der Waals surface area (Å²) in [5.41, 5.74) is 2.04. The van der Waals surface area contributed by atoms with Crippen molar-refractivity contribution >= 4 is 21.6 Å². The van der Waals surface area contributed by atoms with Crippen molar-refractivity contribution in [3.63, 3.8) is 0 Å². The Labute approximate surface area is 155 Å². The zero-order valence-electron chi connectivity index (χ0n) is 14.4. The molecular weight excluding hydrogens is 344 g/mol. The minimum absolute atomic E-state index is 0.0280. The lowest BCUT2D eigenvalue weighted by atomic mass is 10.2. The zero-order valence-corrected chi connectivity index (χ0v) is 15.2. The summed E-state index contributed by atoms with van der Waals surface area (Å²) in [6, 6.07) is 19.8. The van der Waals surface area contributed by atoms with Gasteiger partial charge in [0, 0.05) is 10.4 Å². The molecule has 0 fully saturated rings. The fourth-order valence-electron chi connectivity index (χ4n) is 2.93. The molecule has 0 radical (unpaired) electrons. The number of para-hydroxylation sites is 1. The maximum absolute atomic E-state index is 12.9. The first-order valence-corrected chi connectivity index (χ1v) is 9.33. The van der Waals surface area contributed by atoms with Gasteiger partial charge in [-0.3, -0.25) is 9.36 Å². The fraction of sp³-hybridized carbons (Fsp3) is 0.143. The monoisotopic (exact) mass is 362 g/mol. The highest BCUT2D eigenvalue weighted by molar-refractivity contribution is 7.21. The molecule has 0 aliphatic rings. The Bertz CT molecular complexity index is 1100. The van der Waals surface area contributed by atoms with E-state index in [0.29, 0.717) is 18.5 Å². The van der Waals surface area contributed by atoms with Crippen molar-refractivity contribution in [2.24, 2.45) is 0 Å². The molecule has 0 saturated carbocycles. The molecule has 0 N–H and O–H groups in total. The lowest BCUT2D eigenvalue weighted by molar-refractivity contribution is 0.335. The van der Waals surface area contributed by atoms with Crippen LogP contribution in [0.25, 0.3) is 20.7 Å². The molecule has 5 heteroatoms. The van der Waals surface area contributed by atoms with E-state index in [9.17, 15) is 4.79 Å². The number of ether oxygens (including phenoxy) is 1. The number of aromatic nitrogens is 2. The van der Waals surface area contributed by atoms with Crippen LogP contribution in [0.1, 0.15) is 12.5 Å². The second-order valence-corrected chi connectivity index (χ2v) is 6.94. The number of rotatable bonds is 5. The summed E-state index contributed by atoms with van der Waals surface area (Å²) >= 11 is 1.54. The molecule has 0 atom stereocenters. The van der Waals surface area contributed by atoms with Gasteiger partial charge >= 0.3 is 0 Å². The van der Waals surface area contributed by atoms with E-state index in [1.54, 1.807) is 22.2 Å². The van der Waals surface area contributed by atoms with Gasteiger partial charge in [0.2, 0.25) is 0 Å². The van der Waals surface area contributed by atoms with E-state index < -0.39 is 0 Å². The molecular formula is C21H18N2O2S. The molecule has 2 aromatic carbocycles. The van der Waals surface area contributed by atoms with Crippen LogP contribution in [0, 0.1) is 0 Å². The Balaban J connectivity index is 1.74. The summed E-state index contributed by atoms with van der Waals surface area (Å²) in [7, 11) is 0. The first-order valence-electron chi connectivity index (χ1n) is 8.51. The Morgan fingerprint density at radius 3 is 2.65 bits per heavy atom. The van der Waals surface area contributed by atoms with Crippen molar-refractivity contribution in [3.05, 3.63) is 82.9 Å². The van der Waals surface area contributed by atoms with Gasteiger partial charge < -0.3 is 4.74 Å². The molecule has 0 saturated heterocycles. The number of nitrogens with zero attached hydrogens (tertiary/aromatic N) is 2. The Morgan fingerprint density at radius 1 is 1.08 bits per heavy atom. The van der Waals surface area contributed by atoms with E-state index >= 15 is 0 Å². The van der Waals surface area contributed by atoms with Gasteiger partial charge in [0.05, 0.1) is 24.9 Å². The number of hydrogen-bond acceptors (Lipinski definition) is 4. The number of benzene rings is 2. The highest BCUT2D eigenvalue weighted by atomic mass is 32.1.